The number of carbonyl (C=O) groups excluding carboxylic acids is 1. The molecule has 0 unspecified atom stereocenters. The summed E-state index contributed by atoms with van der Waals surface area (Å²) in [5, 5.41) is 17.9. The molecule has 6 nitrogen and oxygen atoms in total. The van der Waals surface area contributed by atoms with Crippen LogP contribution < -0.4 is 4.90 Å². The molecule has 1 saturated heterocycles. The largest absolute Gasteiger partial charge is 0.355 e. The molecule has 3 aromatic rings. The van der Waals surface area contributed by atoms with Gasteiger partial charge >= 0.3 is 0 Å². The lowest BCUT2D eigenvalue weighted by Crippen LogP contribution is -2.46. The Balaban J connectivity index is 0.00000324. The predicted molar refractivity (Wildman–Crippen MR) is 133 cm³/mol. The Morgan fingerprint density at radius 3 is 2.24 bits per heavy atom. The van der Waals surface area contributed by atoms with E-state index < -0.39 is 0 Å². The van der Waals surface area contributed by atoms with Crippen LogP contribution in [0.1, 0.15) is 39.9 Å². The molecule has 1 aromatic heterocycles. The van der Waals surface area contributed by atoms with Crippen LogP contribution in [-0.4, -0.2) is 47.2 Å². The second kappa shape index (κ2) is 10.6. The van der Waals surface area contributed by atoms with Crippen molar-refractivity contribution in [2.24, 2.45) is 0 Å². The summed E-state index contributed by atoms with van der Waals surface area (Å²) >= 11 is 0. The number of piperidine rings is 1. The van der Waals surface area contributed by atoms with Crippen LogP contribution >= 0.6 is 12.4 Å². The molecule has 0 aliphatic carbocycles. The zero-order chi connectivity index (χ0) is 23.5. The fourth-order valence-electron chi connectivity index (χ4n) is 4.30. The zero-order valence-electron chi connectivity index (χ0n) is 19.5. The smallest absolute Gasteiger partial charge is 0.253 e. The van der Waals surface area contributed by atoms with Gasteiger partial charge in [-0.3, -0.25) is 4.79 Å². The molecule has 1 fully saturated rings. The molecule has 0 spiro atoms. The van der Waals surface area contributed by atoms with E-state index in [0.29, 0.717) is 11.1 Å². The predicted octanol–water partition coefficient (Wildman–Crippen LogP) is 4.93. The Labute approximate surface area is 205 Å². The molecule has 0 bridgehead atoms. The number of hydrogen-bond acceptors (Lipinski definition) is 5. The van der Waals surface area contributed by atoms with Gasteiger partial charge in [-0.15, -0.1) is 22.6 Å². The number of amides is 1. The first-order chi connectivity index (χ1) is 15.9. The first-order valence-electron chi connectivity index (χ1n) is 11.0. The monoisotopic (exact) mass is 479 g/mol. The molecule has 176 valence electrons. The van der Waals surface area contributed by atoms with Crippen molar-refractivity contribution < 1.29 is 9.18 Å². The molecule has 0 atom stereocenters. The minimum absolute atomic E-state index is 0. The van der Waals surface area contributed by atoms with Crippen molar-refractivity contribution in [1.29, 1.82) is 5.26 Å². The van der Waals surface area contributed by atoms with Crippen molar-refractivity contribution in [3.63, 3.8) is 0 Å². The number of nitriles is 1. The van der Waals surface area contributed by atoms with Gasteiger partial charge in [-0.1, -0.05) is 0 Å². The SMILES string of the molecule is Cc1c(-c2ccc(F)cc2)nnc(N2CCC(N(C)C(=O)c3ccc(C#N)cc3)CC2)c1C.Cl. The van der Waals surface area contributed by atoms with Crippen LogP contribution in [0.2, 0.25) is 0 Å². The topological polar surface area (TPSA) is 73.1 Å². The molecule has 0 radical (unpaired) electrons. The van der Waals surface area contributed by atoms with Crippen LogP contribution in [0.25, 0.3) is 11.3 Å². The Morgan fingerprint density at radius 2 is 1.65 bits per heavy atom. The number of hydrogen-bond donors (Lipinski definition) is 0. The van der Waals surface area contributed by atoms with Crippen molar-refractivity contribution in [2.45, 2.75) is 32.7 Å². The number of anilines is 1. The van der Waals surface area contributed by atoms with E-state index in [0.717, 1.165) is 54.1 Å². The number of nitrogens with zero attached hydrogens (tertiary/aromatic N) is 5. The van der Waals surface area contributed by atoms with Crippen LogP contribution in [0.5, 0.6) is 0 Å². The van der Waals surface area contributed by atoms with Crippen LogP contribution in [0.15, 0.2) is 48.5 Å². The average Bonchev–Trinajstić information content (AvgIpc) is 2.85. The van der Waals surface area contributed by atoms with Crippen LogP contribution in [-0.2, 0) is 0 Å². The summed E-state index contributed by atoms with van der Waals surface area (Å²) in [5.41, 5.74) is 4.83. The lowest BCUT2D eigenvalue weighted by molar-refractivity contribution is 0.0709. The third-order valence-corrected chi connectivity index (χ3v) is 6.51. The minimum atomic E-state index is -0.275. The summed E-state index contributed by atoms with van der Waals surface area (Å²) in [6, 6.07) is 15.3. The maximum atomic E-state index is 13.3. The van der Waals surface area contributed by atoms with E-state index in [4.69, 9.17) is 5.26 Å². The average molecular weight is 480 g/mol. The van der Waals surface area contributed by atoms with Gasteiger partial charge in [0.2, 0.25) is 0 Å². The van der Waals surface area contributed by atoms with E-state index >= 15 is 0 Å². The summed E-state index contributed by atoms with van der Waals surface area (Å²) in [6.07, 6.45) is 1.66. The Morgan fingerprint density at radius 1 is 1.03 bits per heavy atom. The second-order valence-corrected chi connectivity index (χ2v) is 8.45. The first-order valence-corrected chi connectivity index (χ1v) is 11.0. The number of rotatable bonds is 4. The van der Waals surface area contributed by atoms with Gasteiger partial charge in [0, 0.05) is 37.3 Å². The van der Waals surface area contributed by atoms with Gasteiger partial charge in [0.05, 0.1) is 17.3 Å². The number of halogens is 2. The fraction of sp³-hybridized carbons (Fsp3) is 0.308. The standard InChI is InChI=1S/C26H26FN5O.ClH/c1-17-18(2)25(30-29-24(17)20-8-10-22(27)11-9-20)32-14-12-23(13-15-32)31(3)26(33)21-6-4-19(16-28)5-7-21;/h4-11,23H,12-15H2,1-3H3;1H. The van der Waals surface area contributed by atoms with Crippen molar-refractivity contribution in [2.75, 3.05) is 25.0 Å². The van der Waals surface area contributed by atoms with E-state index in [-0.39, 0.29) is 30.2 Å². The van der Waals surface area contributed by atoms with Gasteiger partial charge in [0.15, 0.2) is 5.82 Å². The zero-order valence-corrected chi connectivity index (χ0v) is 20.3. The molecule has 2 aromatic carbocycles. The van der Waals surface area contributed by atoms with Crippen molar-refractivity contribution in [1.82, 2.24) is 15.1 Å². The van der Waals surface area contributed by atoms with E-state index in [1.165, 1.54) is 12.1 Å². The van der Waals surface area contributed by atoms with Crippen molar-refractivity contribution >= 4 is 24.1 Å². The maximum absolute atomic E-state index is 13.3. The normalized spacial score (nSPS) is 13.7. The summed E-state index contributed by atoms with van der Waals surface area (Å²) in [5.74, 6) is 0.550. The molecule has 1 amide bonds. The molecular weight excluding hydrogens is 453 g/mol. The minimum Gasteiger partial charge on any atom is -0.355 e. The van der Waals surface area contributed by atoms with E-state index in [1.807, 2.05) is 20.9 Å². The van der Waals surface area contributed by atoms with Gasteiger partial charge in [0.1, 0.15) is 5.82 Å². The molecule has 1 aliphatic heterocycles. The summed E-state index contributed by atoms with van der Waals surface area (Å²) in [6.45, 7) is 5.61. The summed E-state index contributed by atoms with van der Waals surface area (Å²) in [4.78, 5) is 16.9. The maximum Gasteiger partial charge on any atom is 0.253 e. The van der Waals surface area contributed by atoms with Gasteiger partial charge in [0.25, 0.3) is 5.91 Å². The van der Waals surface area contributed by atoms with Crippen LogP contribution in [0.4, 0.5) is 10.2 Å². The van der Waals surface area contributed by atoms with Gasteiger partial charge in [-0.25, -0.2) is 4.39 Å². The quantitative estimate of drug-likeness (QED) is 0.530. The number of benzene rings is 2. The molecule has 34 heavy (non-hydrogen) atoms. The van der Waals surface area contributed by atoms with Crippen LogP contribution in [0, 0.1) is 31.0 Å². The Hall–Kier alpha value is -3.50. The van der Waals surface area contributed by atoms with E-state index in [9.17, 15) is 9.18 Å². The number of carbonyl (C=O) groups is 1. The van der Waals surface area contributed by atoms with E-state index in [2.05, 4.69) is 21.2 Å². The third-order valence-electron chi connectivity index (χ3n) is 6.51. The Kier molecular flexibility index (Phi) is 7.85. The molecule has 4 rings (SSSR count). The molecule has 1 aliphatic rings. The third kappa shape index (κ3) is 5.02. The van der Waals surface area contributed by atoms with Crippen molar-refractivity contribution in [3.8, 4) is 17.3 Å². The molecule has 0 saturated carbocycles. The molecule has 2 heterocycles. The highest BCUT2D eigenvalue weighted by atomic mass is 35.5. The van der Waals surface area contributed by atoms with Gasteiger partial charge < -0.3 is 9.80 Å². The highest BCUT2D eigenvalue weighted by Crippen LogP contribution is 2.30. The highest BCUT2D eigenvalue weighted by Gasteiger charge is 2.28. The second-order valence-electron chi connectivity index (χ2n) is 8.45. The van der Waals surface area contributed by atoms with Gasteiger partial charge in [-0.05, 0) is 86.3 Å². The fourth-order valence-corrected chi connectivity index (χ4v) is 4.30. The molecular formula is C26H27ClFN5O. The summed E-state index contributed by atoms with van der Waals surface area (Å²) in [7, 11) is 1.84. The lowest BCUT2D eigenvalue weighted by atomic mass is 10.00. The number of aromatic nitrogens is 2. The molecule has 8 heteroatoms. The van der Waals surface area contributed by atoms with Gasteiger partial charge in [-0.2, -0.15) is 5.26 Å². The summed E-state index contributed by atoms with van der Waals surface area (Å²) < 4.78 is 13.3. The lowest BCUT2D eigenvalue weighted by Gasteiger charge is -2.37. The van der Waals surface area contributed by atoms with Crippen LogP contribution in [0.3, 0.4) is 0 Å². The first kappa shape index (κ1) is 25.1. The van der Waals surface area contributed by atoms with E-state index in [1.54, 1.807) is 41.3 Å². The highest BCUT2D eigenvalue weighted by molar-refractivity contribution is 5.94. The molecule has 0 N–H and O–H groups in total. The van der Waals surface area contributed by atoms with Crippen molar-refractivity contribution in [3.05, 3.63) is 76.6 Å². The Bertz CT molecular complexity index is 1200.